The second-order valence-corrected chi connectivity index (χ2v) is 7.60. The summed E-state index contributed by atoms with van der Waals surface area (Å²) in [4.78, 5) is 16.8. The molecule has 0 aliphatic heterocycles. The first-order chi connectivity index (χ1) is 14.2. The van der Waals surface area contributed by atoms with Crippen molar-refractivity contribution in [2.24, 2.45) is 0 Å². The van der Waals surface area contributed by atoms with Crippen LogP contribution in [0.2, 0.25) is 0 Å². The van der Waals surface area contributed by atoms with Crippen molar-refractivity contribution >= 4 is 21.7 Å². The van der Waals surface area contributed by atoms with Gasteiger partial charge in [-0.3, -0.25) is 9.78 Å². The summed E-state index contributed by atoms with van der Waals surface area (Å²) in [6.07, 6.45) is 4.41. The van der Waals surface area contributed by atoms with Crippen LogP contribution in [0.5, 0.6) is 0 Å². The molecule has 2 aromatic heterocycles. The van der Waals surface area contributed by atoms with E-state index in [1.54, 1.807) is 12.4 Å². The Hall–Kier alpha value is -3.12. The van der Waals surface area contributed by atoms with Crippen LogP contribution in [0, 0.1) is 0 Å². The Morgan fingerprint density at radius 1 is 0.931 bits per heavy atom. The molecule has 6 heteroatoms. The van der Waals surface area contributed by atoms with Gasteiger partial charge in [0.15, 0.2) is 11.6 Å². The third kappa shape index (κ3) is 4.66. The first-order valence-corrected chi connectivity index (χ1v) is 10.1. The van der Waals surface area contributed by atoms with Crippen molar-refractivity contribution in [1.82, 2.24) is 19.7 Å². The van der Waals surface area contributed by atoms with Gasteiger partial charge >= 0.3 is 0 Å². The van der Waals surface area contributed by atoms with Crippen molar-refractivity contribution in [2.75, 3.05) is 0 Å². The van der Waals surface area contributed by atoms with Crippen molar-refractivity contribution in [2.45, 2.75) is 19.4 Å². The molecule has 2 heterocycles. The van der Waals surface area contributed by atoms with Crippen molar-refractivity contribution in [1.29, 1.82) is 0 Å². The van der Waals surface area contributed by atoms with Gasteiger partial charge in [-0.25, -0.2) is 0 Å². The van der Waals surface area contributed by atoms with Crippen molar-refractivity contribution in [3.8, 4) is 11.4 Å². The summed E-state index contributed by atoms with van der Waals surface area (Å²) in [6, 6.07) is 21.5. The smallest absolute Gasteiger partial charge is 0.165 e. The van der Waals surface area contributed by atoms with E-state index >= 15 is 0 Å². The molecule has 0 aliphatic rings. The average molecular weight is 447 g/mol. The lowest BCUT2D eigenvalue weighted by molar-refractivity contribution is 0.0982. The first-order valence-electron chi connectivity index (χ1n) is 9.36. The van der Waals surface area contributed by atoms with Crippen LogP contribution < -0.4 is 0 Å². The highest BCUT2D eigenvalue weighted by Crippen LogP contribution is 2.20. The van der Waals surface area contributed by atoms with Gasteiger partial charge in [0.2, 0.25) is 0 Å². The Morgan fingerprint density at radius 2 is 1.72 bits per heavy atom. The van der Waals surface area contributed by atoms with Gasteiger partial charge in [0.05, 0.1) is 6.54 Å². The molecule has 4 rings (SSSR count). The van der Waals surface area contributed by atoms with Gasteiger partial charge in [0, 0.05) is 40.8 Å². The molecule has 5 nitrogen and oxygen atoms in total. The molecule has 0 aliphatic carbocycles. The predicted molar refractivity (Wildman–Crippen MR) is 116 cm³/mol. The number of hydrogen-bond acceptors (Lipinski definition) is 4. The van der Waals surface area contributed by atoms with Gasteiger partial charge in [-0.1, -0.05) is 58.4 Å². The highest BCUT2D eigenvalue weighted by atomic mass is 79.9. The summed E-state index contributed by atoms with van der Waals surface area (Å²) in [5, 5.41) is 8.79. The lowest BCUT2D eigenvalue weighted by Gasteiger charge is -2.11. The molecule has 29 heavy (non-hydrogen) atoms. The number of rotatable bonds is 7. The highest BCUT2D eigenvalue weighted by molar-refractivity contribution is 9.10. The maximum absolute atomic E-state index is 12.6. The van der Waals surface area contributed by atoms with Gasteiger partial charge in [0.1, 0.15) is 5.82 Å². The van der Waals surface area contributed by atoms with E-state index in [9.17, 15) is 4.79 Å². The number of aryl methyl sites for hydroxylation is 1. The molecule has 0 spiro atoms. The zero-order chi connectivity index (χ0) is 20.1. The summed E-state index contributed by atoms with van der Waals surface area (Å²) in [7, 11) is 0. The molecule has 2 aromatic carbocycles. The Bertz CT molecular complexity index is 1090. The Balaban J connectivity index is 1.59. The van der Waals surface area contributed by atoms with Crippen LogP contribution in [-0.2, 0) is 13.0 Å². The van der Waals surface area contributed by atoms with Crippen LogP contribution in [0.25, 0.3) is 11.4 Å². The Morgan fingerprint density at radius 3 is 2.45 bits per heavy atom. The molecule has 0 saturated carbocycles. The highest BCUT2D eigenvalue weighted by Gasteiger charge is 2.16. The summed E-state index contributed by atoms with van der Waals surface area (Å²) in [6.45, 7) is 0.639. The number of carbonyl (C=O) groups is 1. The van der Waals surface area contributed by atoms with Crippen molar-refractivity contribution in [3.63, 3.8) is 0 Å². The Labute approximate surface area is 177 Å². The van der Waals surface area contributed by atoms with E-state index in [1.165, 1.54) is 0 Å². The van der Waals surface area contributed by atoms with Crippen molar-refractivity contribution in [3.05, 3.63) is 101 Å². The molecular formula is C23H19BrN4O. The minimum Gasteiger partial charge on any atom is -0.306 e. The van der Waals surface area contributed by atoms with E-state index in [-0.39, 0.29) is 5.78 Å². The molecule has 0 amide bonds. The zero-order valence-corrected chi connectivity index (χ0v) is 17.3. The van der Waals surface area contributed by atoms with Crippen LogP contribution in [0.15, 0.2) is 83.6 Å². The minimum atomic E-state index is 0.0923. The zero-order valence-electron chi connectivity index (χ0n) is 15.7. The quantitative estimate of drug-likeness (QED) is 0.376. The SMILES string of the molecule is O=C(CCc1nnc(-c2cccnc2)n1Cc1ccccc1)c1ccc(Br)cc1. The topological polar surface area (TPSA) is 60.7 Å². The molecule has 4 aromatic rings. The predicted octanol–water partition coefficient (Wildman–Crippen LogP) is 4.97. The van der Waals surface area contributed by atoms with Crippen LogP contribution in [0.1, 0.15) is 28.2 Å². The van der Waals surface area contributed by atoms with Gasteiger partial charge < -0.3 is 4.57 Å². The normalized spacial score (nSPS) is 10.8. The van der Waals surface area contributed by atoms with E-state index < -0.39 is 0 Å². The lowest BCUT2D eigenvalue weighted by Crippen LogP contribution is -2.09. The molecule has 144 valence electrons. The van der Waals surface area contributed by atoms with Crippen LogP contribution >= 0.6 is 15.9 Å². The maximum Gasteiger partial charge on any atom is 0.165 e. The molecule has 0 saturated heterocycles. The van der Waals surface area contributed by atoms with Gasteiger partial charge in [-0.05, 0) is 29.8 Å². The van der Waals surface area contributed by atoms with E-state index in [2.05, 4.69) is 47.8 Å². The maximum atomic E-state index is 12.6. The fourth-order valence-corrected chi connectivity index (χ4v) is 3.43. The second-order valence-electron chi connectivity index (χ2n) is 6.68. The van der Waals surface area contributed by atoms with Crippen LogP contribution in [0.3, 0.4) is 0 Å². The molecular weight excluding hydrogens is 428 g/mol. The van der Waals surface area contributed by atoms with E-state index in [1.807, 2.05) is 54.6 Å². The number of carbonyl (C=O) groups excluding carboxylic acids is 1. The van der Waals surface area contributed by atoms with Gasteiger partial charge in [-0.15, -0.1) is 10.2 Å². The number of nitrogens with zero attached hydrogens (tertiary/aromatic N) is 4. The van der Waals surface area contributed by atoms with E-state index in [0.717, 1.165) is 27.2 Å². The second kappa shape index (κ2) is 8.92. The molecule has 0 radical (unpaired) electrons. The Kier molecular flexibility index (Phi) is 5.91. The number of Topliss-reactive ketones (excluding diaryl/α,β-unsaturated/α-hetero) is 1. The lowest BCUT2D eigenvalue weighted by atomic mass is 10.1. The minimum absolute atomic E-state index is 0.0923. The summed E-state index contributed by atoms with van der Waals surface area (Å²) < 4.78 is 3.03. The molecule has 0 bridgehead atoms. The molecule has 0 atom stereocenters. The molecule has 0 unspecified atom stereocenters. The number of ketones is 1. The number of hydrogen-bond donors (Lipinski definition) is 0. The summed E-state index contributed by atoms with van der Waals surface area (Å²) >= 11 is 3.40. The fourth-order valence-electron chi connectivity index (χ4n) is 3.17. The van der Waals surface area contributed by atoms with Crippen molar-refractivity contribution < 1.29 is 4.79 Å². The van der Waals surface area contributed by atoms with Gasteiger partial charge in [-0.2, -0.15) is 0 Å². The van der Waals surface area contributed by atoms with Crippen LogP contribution in [-0.4, -0.2) is 25.5 Å². The third-order valence-corrected chi connectivity index (χ3v) is 5.20. The number of pyridine rings is 1. The van der Waals surface area contributed by atoms with Crippen LogP contribution in [0.4, 0.5) is 0 Å². The standard InChI is InChI=1S/C23H19BrN4O/c24-20-10-8-18(9-11-20)21(29)12-13-22-26-27-23(19-7-4-14-25-15-19)28(22)16-17-5-2-1-3-6-17/h1-11,14-15H,12-13,16H2. The number of aromatic nitrogens is 4. The number of benzene rings is 2. The average Bonchev–Trinajstić information content (AvgIpc) is 3.16. The van der Waals surface area contributed by atoms with E-state index in [0.29, 0.717) is 24.9 Å². The largest absolute Gasteiger partial charge is 0.306 e. The number of halogens is 1. The summed E-state index contributed by atoms with van der Waals surface area (Å²) in [5.74, 6) is 1.64. The monoisotopic (exact) mass is 446 g/mol. The molecule has 0 N–H and O–H groups in total. The third-order valence-electron chi connectivity index (χ3n) is 4.67. The first kappa shape index (κ1) is 19.2. The van der Waals surface area contributed by atoms with E-state index in [4.69, 9.17) is 0 Å². The molecule has 0 fully saturated rings. The summed E-state index contributed by atoms with van der Waals surface area (Å²) in [5.41, 5.74) is 2.76. The van der Waals surface area contributed by atoms with Gasteiger partial charge in [0.25, 0.3) is 0 Å². The fraction of sp³-hybridized carbons (Fsp3) is 0.130.